The van der Waals surface area contributed by atoms with Gasteiger partial charge in [0.2, 0.25) is 5.91 Å². The molecule has 1 saturated heterocycles. The maximum Gasteiger partial charge on any atom is 0.228 e. The number of hydrogen-bond acceptors (Lipinski definition) is 6. The first kappa shape index (κ1) is 16.2. The van der Waals surface area contributed by atoms with Crippen molar-refractivity contribution in [2.75, 3.05) is 31.1 Å². The summed E-state index contributed by atoms with van der Waals surface area (Å²) >= 11 is 3.29. The van der Waals surface area contributed by atoms with Gasteiger partial charge in [-0.25, -0.2) is 4.98 Å². The van der Waals surface area contributed by atoms with Gasteiger partial charge in [-0.3, -0.25) is 9.78 Å². The Hall–Kier alpha value is -2.25. The van der Waals surface area contributed by atoms with Gasteiger partial charge in [0, 0.05) is 49.6 Å². The van der Waals surface area contributed by atoms with E-state index in [1.165, 1.54) is 5.69 Å². The number of aromatic nitrogens is 2. The van der Waals surface area contributed by atoms with Crippen molar-refractivity contribution in [3.05, 3.63) is 53.1 Å². The van der Waals surface area contributed by atoms with E-state index in [9.17, 15) is 4.79 Å². The number of carbonyl (C=O) groups excluding carboxylic acids is 1. The van der Waals surface area contributed by atoms with Crippen LogP contribution in [0.15, 0.2) is 47.4 Å². The van der Waals surface area contributed by atoms with Crippen LogP contribution >= 0.6 is 22.7 Å². The van der Waals surface area contributed by atoms with Gasteiger partial charge in [0.25, 0.3) is 0 Å². The molecule has 0 atom stereocenters. The molecule has 0 spiro atoms. The van der Waals surface area contributed by atoms with Crippen molar-refractivity contribution in [1.29, 1.82) is 0 Å². The normalized spacial score (nSPS) is 14.7. The van der Waals surface area contributed by atoms with Gasteiger partial charge in [-0.2, -0.15) is 0 Å². The summed E-state index contributed by atoms with van der Waals surface area (Å²) in [6.45, 7) is 3.21. The number of rotatable bonds is 4. The summed E-state index contributed by atoms with van der Waals surface area (Å²) in [7, 11) is 0. The fraction of sp³-hybridized carbons (Fsp3) is 0.278. The zero-order chi connectivity index (χ0) is 17.1. The molecular weight excluding hydrogens is 352 g/mol. The Morgan fingerprint density at radius 3 is 2.60 bits per heavy atom. The number of thiophene rings is 1. The summed E-state index contributed by atoms with van der Waals surface area (Å²) in [6.07, 6.45) is 4.00. The summed E-state index contributed by atoms with van der Waals surface area (Å²) in [4.78, 5) is 26.6. The van der Waals surface area contributed by atoms with Crippen molar-refractivity contribution in [3.8, 4) is 9.88 Å². The van der Waals surface area contributed by atoms with E-state index in [-0.39, 0.29) is 5.91 Å². The molecule has 1 amide bonds. The highest BCUT2D eigenvalue weighted by molar-refractivity contribution is 7.20. The molecule has 128 valence electrons. The summed E-state index contributed by atoms with van der Waals surface area (Å²) in [5, 5.41) is 5.05. The van der Waals surface area contributed by atoms with Crippen molar-refractivity contribution >= 4 is 34.3 Å². The van der Waals surface area contributed by atoms with Gasteiger partial charge in [0.15, 0.2) is 0 Å². The lowest BCUT2D eigenvalue weighted by atomic mass is 10.2. The van der Waals surface area contributed by atoms with Crippen molar-refractivity contribution in [1.82, 2.24) is 14.9 Å². The van der Waals surface area contributed by atoms with Crippen LogP contribution in [0, 0.1) is 0 Å². The molecule has 0 bridgehead atoms. The van der Waals surface area contributed by atoms with E-state index in [4.69, 9.17) is 0 Å². The molecule has 3 aromatic rings. The van der Waals surface area contributed by atoms with E-state index in [0.29, 0.717) is 6.42 Å². The largest absolute Gasteiger partial charge is 0.368 e. The van der Waals surface area contributed by atoms with Crippen LogP contribution in [0.2, 0.25) is 0 Å². The van der Waals surface area contributed by atoms with E-state index in [0.717, 1.165) is 41.8 Å². The maximum atomic E-state index is 12.6. The van der Waals surface area contributed by atoms with Crippen molar-refractivity contribution < 1.29 is 4.79 Å². The first-order chi connectivity index (χ1) is 12.3. The summed E-state index contributed by atoms with van der Waals surface area (Å²) in [5.74, 6) is 0.164. The van der Waals surface area contributed by atoms with Crippen molar-refractivity contribution in [2.24, 2.45) is 0 Å². The lowest BCUT2D eigenvalue weighted by Crippen LogP contribution is -2.49. The summed E-state index contributed by atoms with van der Waals surface area (Å²) < 4.78 is 0. The lowest BCUT2D eigenvalue weighted by molar-refractivity contribution is -0.130. The molecule has 0 saturated carbocycles. The number of pyridine rings is 1. The van der Waals surface area contributed by atoms with Crippen LogP contribution in [0.5, 0.6) is 0 Å². The fourth-order valence-corrected chi connectivity index (χ4v) is 4.57. The Bertz CT molecular complexity index is 824. The minimum atomic E-state index is 0.164. The highest BCUT2D eigenvalue weighted by Gasteiger charge is 2.22. The van der Waals surface area contributed by atoms with Gasteiger partial charge in [-0.15, -0.1) is 22.7 Å². The molecule has 5 nitrogen and oxygen atoms in total. The number of carbonyl (C=O) groups is 1. The highest BCUT2D eigenvalue weighted by atomic mass is 32.1. The average molecular weight is 371 g/mol. The molecule has 0 N–H and O–H groups in total. The second-order valence-electron chi connectivity index (χ2n) is 5.87. The minimum Gasteiger partial charge on any atom is -0.368 e. The first-order valence-corrected chi connectivity index (χ1v) is 9.96. The van der Waals surface area contributed by atoms with E-state index >= 15 is 0 Å². The third kappa shape index (κ3) is 3.72. The van der Waals surface area contributed by atoms with Crippen molar-refractivity contribution in [3.63, 3.8) is 0 Å². The maximum absolute atomic E-state index is 12.6. The molecule has 25 heavy (non-hydrogen) atoms. The Kier molecular flexibility index (Phi) is 4.76. The molecule has 0 aliphatic carbocycles. The molecule has 1 fully saturated rings. The minimum absolute atomic E-state index is 0.164. The van der Waals surface area contributed by atoms with Crippen molar-refractivity contribution in [2.45, 2.75) is 6.42 Å². The van der Waals surface area contributed by atoms with Crippen LogP contribution in [0.3, 0.4) is 0 Å². The SMILES string of the molecule is O=C(Cc1csc(-c2cccs2)n1)N1CCN(c2ccncc2)CC1. The molecule has 1 aliphatic rings. The number of hydrogen-bond donors (Lipinski definition) is 0. The zero-order valence-corrected chi connectivity index (χ0v) is 15.3. The Labute approximate surface area is 154 Å². The van der Waals surface area contributed by atoms with E-state index in [1.54, 1.807) is 35.1 Å². The number of anilines is 1. The monoisotopic (exact) mass is 370 g/mol. The topological polar surface area (TPSA) is 49.3 Å². The van der Waals surface area contributed by atoms with Crippen LogP contribution in [0.25, 0.3) is 9.88 Å². The molecule has 0 radical (unpaired) electrons. The van der Waals surface area contributed by atoms with Gasteiger partial charge < -0.3 is 9.80 Å². The van der Waals surface area contributed by atoms with Crippen LogP contribution in [-0.4, -0.2) is 47.0 Å². The number of thiazole rings is 1. The Balaban J connectivity index is 1.34. The molecular formula is C18H18N4OS2. The lowest BCUT2D eigenvalue weighted by Gasteiger charge is -2.36. The molecule has 4 heterocycles. The van der Waals surface area contributed by atoms with Crippen LogP contribution in [0.4, 0.5) is 5.69 Å². The predicted molar refractivity (Wildman–Crippen MR) is 102 cm³/mol. The molecule has 7 heteroatoms. The second kappa shape index (κ2) is 7.33. The molecule has 3 aromatic heterocycles. The molecule has 0 aromatic carbocycles. The molecule has 4 rings (SSSR count). The van der Waals surface area contributed by atoms with Crippen LogP contribution in [-0.2, 0) is 11.2 Å². The first-order valence-electron chi connectivity index (χ1n) is 8.20. The third-order valence-electron chi connectivity index (χ3n) is 4.28. The van der Waals surface area contributed by atoms with Gasteiger partial charge >= 0.3 is 0 Å². The number of piperazine rings is 1. The number of amides is 1. The van der Waals surface area contributed by atoms with Crippen LogP contribution in [0.1, 0.15) is 5.69 Å². The summed E-state index contributed by atoms with van der Waals surface area (Å²) in [6, 6.07) is 8.11. The van der Waals surface area contributed by atoms with Crippen LogP contribution < -0.4 is 4.90 Å². The zero-order valence-electron chi connectivity index (χ0n) is 13.7. The van der Waals surface area contributed by atoms with Gasteiger partial charge in [-0.1, -0.05) is 6.07 Å². The smallest absolute Gasteiger partial charge is 0.228 e. The molecule has 1 aliphatic heterocycles. The average Bonchev–Trinajstić information content (AvgIpc) is 3.34. The summed E-state index contributed by atoms with van der Waals surface area (Å²) in [5.41, 5.74) is 2.04. The predicted octanol–water partition coefficient (Wildman–Crippen LogP) is 3.16. The van der Waals surface area contributed by atoms with E-state index < -0.39 is 0 Å². The highest BCUT2D eigenvalue weighted by Crippen LogP contribution is 2.28. The van der Waals surface area contributed by atoms with E-state index in [2.05, 4.69) is 20.9 Å². The standard InChI is InChI=1S/C18H18N4OS2/c23-17(12-14-13-25-18(20-14)16-2-1-11-24-16)22-9-7-21(8-10-22)15-3-5-19-6-4-15/h1-6,11,13H,7-10,12H2. The van der Waals surface area contributed by atoms with Gasteiger partial charge in [-0.05, 0) is 23.6 Å². The molecule has 0 unspecified atom stereocenters. The Morgan fingerprint density at radius 2 is 1.88 bits per heavy atom. The Morgan fingerprint density at radius 1 is 1.08 bits per heavy atom. The van der Waals surface area contributed by atoms with Gasteiger partial charge in [0.1, 0.15) is 5.01 Å². The van der Waals surface area contributed by atoms with Gasteiger partial charge in [0.05, 0.1) is 17.0 Å². The quantitative estimate of drug-likeness (QED) is 0.708. The number of nitrogens with zero attached hydrogens (tertiary/aromatic N) is 4. The third-order valence-corrected chi connectivity index (χ3v) is 6.21. The second-order valence-corrected chi connectivity index (χ2v) is 7.68. The fourth-order valence-electron chi connectivity index (χ4n) is 2.94. The van der Waals surface area contributed by atoms with E-state index in [1.807, 2.05) is 33.9 Å².